The Bertz CT molecular complexity index is 301. The molecule has 2 nitrogen and oxygen atoms in total. The number of hydrogen-bond acceptors (Lipinski definition) is 2. The van der Waals surface area contributed by atoms with E-state index in [1.54, 1.807) is 0 Å². The Kier molecular flexibility index (Phi) is 2.17. The van der Waals surface area contributed by atoms with Crippen molar-refractivity contribution in [3.8, 4) is 0 Å². The highest BCUT2D eigenvalue weighted by atomic mass is 19.1. The van der Waals surface area contributed by atoms with Crippen molar-refractivity contribution in [2.45, 2.75) is 25.8 Å². The van der Waals surface area contributed by atoms with E-state index in [2.05, 4.69) is 16.8 Å². The minimum absolute atomic E-state index is 0.392. The Morgan fingerprint density at radius 1 is 1.62 bits per heavy atom. The highest BCUT2D eigenvalue weighted by molar-refractivity contribution is 5.46. The largest absolute Gasteiger partial charge is 0.369 e. The quantitative estimate of drug-likeness (QED) is 0.616. The van der Waals surface area contributed by atoms with Crippen molar-refractivity contribution in [3.63, 3.8) is 0 Å². The normalized spacial score (nSPS) is 22.3. The molecule has 13 heavy (non-hydrogen) atoms. The minimum Gasteiger partial charge on any atom is -0.369 e. The fraction of sp³-hybridized carbons (Fsp3) is 0.500. The van der Waals surface area contributed by atoms with Gasteiger partial charge in [0.25, 0.3) is 0 Å². The van der Waals surface area contributed by atoms with Crippen LogP contribution in [0.5, 0.6) is 0 Å². The number of anilines is 1. The summed E-state index contributed by atoms with van der Waals surface area (Å²) < 4.78 is 12.8. The molecule has 1 saturated heterocycles. The standard InChI is InChI=1S/C10H13FN2/c1-8-3-2-6-13(8)9-4-5-12-10(11)7-9/h4-5,7-8H,2-3,6H2,1H3. The van der Waals surface area contributed by atoms with Crippen molar-refractivity contribution in [2.24, 2.45) is 0 Å². The third kappa shape index (κ3) is 1.64. The van der Waals surface area contributed by atoms with E-state index in [1.807, 2.05) is 6.07 Å². The van der Waals surface area contributed by atoms with Gasteiger partial charge in [0, 0.05) is 30.5 Å². The average Bonchev–Trinajstić information content (AvgIpc) is 2.51. The maximum Gasteiger partial charge on any atom is 0.214 e. The first kappa shape index (κ1) is 8.48. The van der Waals surface area contributed by atoms with Crippen molar-refractivity contribution in [3.05, 3.63) is 24.3 Å². The summed E-state index contributed by atoms with van der Waals surface area (Å²) >= 11 is 0. The summed E-state index contributed by atoms with van der Waals surface area (Å²) in [5.74, 6) is -0.392. The van der Waals surface area contributed by atoms with Crippen LogP contribution in [0.4, 0.5) is 10.1 Å². The Labute approximate surface area is 77.4 Å². The second-order valence-electron chi connectivity index (χ2n) is 3.52. The van der Waals surface area contributed by atoms with Gasteiger partial charge in [-0.1, -0.05) is 0 Å². The van der Waals surface area contributed by atoms with E-state index in [4.69, 9.17) is 0 Å². The van der Waals surface area contributed by atoms with Crippen molar-refractivity contribution >= 4 is 5.69 Å². The van der Waals surface area contributed by atoms with E-state index in [9.17, 15) is 4.39 Å². The lowest BCUT2D eigenvalue weighted by atomic mass is 10.2. The molecule has 1 aromatic heterocycles. The molecule has 3 heteroatoms. The predicted octanol–water partition coefficient (Wildman–Crippen LogP) is 2.21. The van der Waals surface area contributed by atoms with Crippen LogP contribution in [0.3, 0.4) is 0 Å². The number of nitrogens with zero attached hydrogens (tertiary/aromatic N) is 2. The Morgan fingerprint density at radius 3 is 3.08 bits per heavy atom. The maximum absolute atomic E-state index is 12.8. The van der Waals surface area contributed by atoms with Crippen LogP contribution in [0, 0.1) is 5.95 Å². The molecule has 0 amide bonds. The Hall–Kier alpha value is -1.12. The smallest absolute Gasteiger partial charge is 0.214 e. The van der Waals surface area contributed by atoms with Crippen LogP contribution in [-0.2, 0) is 0 Å². The number of halogens is 1. The number of hydrogen-bond donors (Lipinski definition) is 0. The van der Waals surface area contributed by atoms with Crippen LogP contribution in [0.15, 0.2) is 18.3 Å². The lowest BCUT2D eigenvalue weighted by Gasteiger charge is -2.23. The maximum atomic E-state index is 12.8. The summed E-state index contributed by atoms with van der Waals surface area (Å²) in [5.41, 5.74) is 0.956. The third-order valence-corrected chi connectivity index (χ3v) is 2.59. The van der Waals surface area contributed by atoms with Crippen LogP contribution < -0.4 is 4.90 Å². The van der Waals surface area contributed by atoms with Gasteiger partial charge in [0.2, 0.25) is 5.95 Å². The lowest BCUT2D eigenvalue weighted by Crippen LogP contribution is -2.26. The van der Waals surface area contributed by atoms with Gasteiger partial charge in [-0.05, 0) is 25.8 Å². The molecular formula is C10H13FN2. The first-order valence-corrected chi connectivity index (χ1v) is 4.65. The van der Waals surface area contributed by atoms with Gasteiger partial charge >= 0.3 is 0 Å². The fourth-order valence-corrected chi connectivity index (χ4v) is 1.89. The molecule has 1 fully saturated rings. The molecule has 1 aliphatic rings. The van der Waals surface area contributed by atoms with E-state index in [0.717, 1.165) is 12.2 Å². The zero-order chi connectivity index (χ0) is 9.26. The molecule has 0 saturated carbocycles. The van der Waals surface area contributed by atoms with Gasteiger partial charge in [0.05, 0.1) is 0 Å². The summed E-state index contributed by atoms with van der Waals surface area (Å²) in [4.78, 5) is 5.77. The highest BCUT2D eigenvalue weighted by Crippen LogP contribution is 2.24. The predicted molar refractivity (Wildman–Crippen MR) is 50.2 cm³/mol. The molecule has 0 spiro atoms. The van der Waals surface area contributed by atoms with Crippen molar-refractivity contribution < 1.29 is 4.39 Å². The molecule has 2 heterocycles. The fourth-order valence-electron chi connectivity index (χ4n) is 1.89. The first-order chi connectivity index (χ1) is 6.27. The molecule has 0 radical (unpaired) electrons. The van der Waals surface area contributed by atoms with Gasteiger partial charge in [-0.25, -0.2) is 4.98 Å². The molecule has 1 aliphatic heterocycles. The van der Waals surface area contributed by atoms with Crippen molar-refractivity contribution in [1.82, 2.24) is 4.98 Å². The second kappa shape index (κ2) is 3.32. The molecule has 70 valence electrons. The van der Waals surface area contributed by atoms with E-state index in [1.165, 1.54) is 25.1 Å². The SMILES string of the molecule is CC1CCCN1c1ccnc(F)c1. The van der Waals surface area contributed by atoms with E-state index in [0.29, 0.717) is 6.04 Å². The Morgan fingerprint density at radius 2 is 2.46 bits per heavy atom. The van der Waals surface area contributed by atoms with Gasteiger partial charge in [-0.3, -0.25) is 0 Å². The van der Waals surface area contributed by atoms with E-state index in [-0.39, 0.29) is 0 Å². The zero-order valence-corrected chi connectivity index (χ0v) is 7.70. The van der Waals surface area contributed by atoms with Crippen LogP contribution in [-0.4, -0.2) is 17.6 Å². The van der Waals surface area contributed by atoms with Gasteiger partial charge in [-0.15, -0.1) is 0 Å². The monoisotopic (exact) mass is 180 g/mol. The summed E-state index contributed by atoms with van der Waals surface area (Å²) in [6, 6.07) is 3.90. The van der Waals surface area contributed by atoms with Crippen LogP contribution in [0.25, 0.3) is 0 Å². The summed E-state index contributed by atoms with van der Waals surface area (Å²) in [7, 11) is 0. The topological polar surface area (TPSA) is 16.1 Å². The highest BCUT2D eigenvalue weighted by Gasteiger charge is 2.20. The molecule has 0 aromatic carbocycles. The summed E-state index contributed by atoms with van der Waals surface area (Å²) in [6.07, 6.45) is 3.92. The molecule has 0 bridgehead atoms. The average molecular weight is 180 g/mol. The van der Waals surface area contributed by atoms with Crippen molar-refractivity contribution in [2.75, 3.05) is 11.4 Å². The van der Waals surface area contributed by atoms with E-state index < -0.39 is 5.95 Å². The third-order valence-electron chi connectivity index (χ3n) is 2.59. The Balaban J connectivity index is 2.24. The molecule has 2 rings (SSSR count). The van der Waals surface area contributed by atoms with Gasteiger partial charge in [0.15, 0.2) is 0 Å². The molecule has 0 N–H and O–H groups in total. The molecular weight excluding hydrogens is 167 g/mol. The number of aromatic nitrogens is 1. The first-order valence-electron chi connectivity index (χ1n) is 4.65. The number of rotatable bonds is 1. The van der Waals surface area contributed by atoms with Gasteiger partial charge in [0.1, 0.15) is 0 Å². The summed E-state index contributed by atoms with van der Waals surface area (Å²) in [5, 5.41) is 0. The van der Waals surface area contributed by atoms with Crippen LogP contribution in [0.2, 0.25) is 0 Å². The molecule has 1 unspecified atom stereocenters. The summed E-state index contributed by atoms with van der Waals surface area (Å²) in [6.45, 7) is 3.20. The van der Waals surface area contributed by atoms with Crippen LogP contribution >= 0.6 is 0 Å². The molecule has 1 atom stereocenters. The van der Waals surface area contributed by atoms with Gasteiger partial charge in [-0.2, -0.15) is 4.39 Å². The van der Waals surface area contributed by atoms with Crippen LogP contribution in [0.1, 0.15) is 19.8 Å². The minimum atomic E-state index is -0.392. The van der Waals surface area contributed by atoms with Gasteiger partial charge < -0.3 is 4.90 Å². The molecule has 0 aliphatic carbocycles. The van der Waals surface area contributed by atoms with E-state index >= 15 is 0 Å². The number of pyridine rings is 1. The lowest BCUT2D eigenvalue weighted by molar-refractivity contribution is 0.582. The zero-order valence-electron chi connectivity index (χ0n) is 7.70. The molecule has 1 aromatic rings. The van der Waals surface area contributed by atoms with Crippen molar-refractivity contribution in [1.29, 1.82) is 0 Å². The second-order valence-corrected chi connectivity index (χ2v) is 3.52.